The van der Waals surface area contributed by atoms with E-state index in [0.717, 1.165) is 0 Å². The lowest BCUT2D eigenvalue weighted by molar-refractivity contribution is -0.193. The van der Waals surface area contributed by atoms with Crippen LogP contribution in [0.4, 0.5) is 0 Å². The van der Waals surface area contributed by atoms with Crippen molar-refractivity contribution in [2.24, 2.45) is 5.41 Å². The summed E-state index contributed by atoms with van der Waals surface area (Å²) in [5, 5.41) is 0. The number of esters is 2. The second-order valence-electron chi connectivity index (χ2n) is 5.87. The number of methoxy groups -OCH3 is 2. The summed E-state index contributed by atoms with van der Waals surface area (Å²) < 4.78 is 26.6. The molecular weight excluding hydrogens is 280 g/mol. The SMILES string of the molecule is CCC(C)(C)C(=O)OC1C(=O)OC2C(OC)C(OC)OC12. The van der Waals surface area contributed by atoms with Crippen molar-refractivity contribution in [1.82, 2.24) is 0 Å². The highest BCUT2D eigenvalue weighted by Crippen LogP contribution is 2.36. The minimum absolute atomic E-state index is 0.453. The minimum atomic E-state index is -1.08. The lowest BCUT2D eigenvalue weighted by atomic mass is 9.90. The molecule has 2 fully saturated rings. The number of rotatable bonds is 5. The first kappa shape index (κ1) is 16.2. The topological polar surface area (TPSA) is 80.3 Å². The van der Waals surface area contributed by atoms with Crippen LogP contribution in [0.1, 0.15) is 27.2 Å². The van der Waals surface area contributed by atoms with Crippen LogP contribution in [0, 0.1) is 5.41 Å². The molecule has 5 unspecified atom stereocenters. The van der Waals surface area contributed by atoms with E-state index < -0.39 is 48.1 Å². The first-order valence-corrected chi connectivity index (χ1v) is 6.98. The van der Waals surface area contributed by atoms with Gasteiger partial charge in [0, 0.05) is 14.2 Å². The van der Waals surface area contributed by atoms with Gasteiger partial charge in [-0.25, -0.2) is 4.79 Å². The average Bonchev–Trinajstić information content (AvgIpc) is 2.94. The zero-order valence-electron chi connectivity index (χ0n) is 13.0. The van der Waals surface area contributed by atoms with Crippen molar-refractivity contribution in [3.63, 3.8) is 0 Å². The van der Waals surface area contributed by atoms with E-state index in [1.165, 1.54) is 14.2 Å². The zero-order chi connectivity index (χ0) is 15.8. The fraction of sp³-hybridized carbons (Fsp3) is 0.857. The van der Waals surface area contributed by atoms with Gasteiger partial charge in [0.15, 0.2) is 12.4 Å². The van der Waals surface area contributed by atoms with Gasteiger partial charge in [-0.3, -0.25) is 4.79 Å². The fourth-order valence-electron chi connectivity index (χ4n) is 2.33. The molecule has 2 rings (SSSR count). The molecule has 0 aromatic carbocycles. The van der Waals surface area contributed by atoms with E-state index in [2.05, 4.69) is 0 Å². The van der Waals surface area contributed by atoms with E-state index in [9.17, 15) is 9.59 Å². The Morgan fingerprint density at radius 3 is 2.43 bits per heavy atom. The molecule has 0 spiro atoms. The molecule has 2 heterocycles. The van der Waals surface area contributed by atoms with Crippen molar-refractivity contribution in [2.45, 2.75) is 57.9 Å². The second-order valence-corrected chi connectivity index (χ2v) is 5.87. The van der Waals surface area contributed by atoms with Crippen molar-refractivity contribution in [2.75, 3.05) is 14.2 Å². The molecule has 0 aromatic heterocycles. The summed E-state index contributed by atoms with van der Waals surface area (Å²) in [6, 6.07) is 0. The molecule has 0 N–H and O–H groups in total. The van der Waals surface area contributed by atoms with Gasteiger partial charge in [-0.2, -0.15) is 0 Å². The van der Waals surface area contributed by atoms with Crippen molar-refractivity contribution in [1.29, 1.82) is 0 Å². The van der Waals surface area contributed by atoms with Crippen LogP contribution in [0.3, 0.4) is 0 Å². The fourth-order valence-corrected chi connectivity index (χ4v) is 2.33. The molecule has 2 aliphatic heterocycles. The quantitative estimate of drug-likeness (QED) is 0.690. The maximum atomic E-state index is 12.1. The number of hydrogen-bond acceptors (Lipinski definition) is 7. The summed E-state index contributed by atoms with van der Waals surface area (Å²) in [4.78, 5) is 24.1. The maximum absolute atomic E-state index is 12.1. The Kier molecular flexibility index (Phi) is 4.55. The number of ether oxygens (including phenoxy) is 5. The van der Waals surface area contributed by atoms with Crippen molar-refractivity contribution in [3.8, 4) is 0 Å². The summed E-state index contributed by atoms with van der Waals surface area (Å²) in [6.45, 7) is 5.40. The molecule has 2 saturated heterocycles. The van der Waals surface area contributed by atoms with Gasteiger partial charge in [-0.05, 0) is 20.3 Å². The van der Waals surface area contributed by atoms with Crippen LogP contribution < -0.4 is 0 Å². The van der Waals surface area contributed by atoms with E-state index in [4.69, 9.17) is 23.7 Å². The summed E-state index contributed by atoms with van der Waals surface area (Å²) in [5.41, 5.74) is -0.668. The van der Waals surface area contributed by atoms with Crippen LogP contribution in [-0.4, -0.2) is 56.9 Å². The lowest BCUT2D eigenvalue weighted by Gasteiger charge is -2.23. The second kappa shape index (κ2) is 5.90. The Morgan fingerprint density at radius 1 is 1.24 bits per heavy atom. The Bertz CT molecular complexity index is 420. The van der Waals surface area contributed by atoms with E-state index in [0.29, 0.717) is 6.42 Å². The molecule has 7 nitrogen and oxygen atoms in total. The van der Waals surface area contributed by atoms with Crippen LogP contribution in [0.2, 0.25) is 0 Å². The maximum Gasteiger partial charge on any atom is 0.350 e. The molecule has 21 heavy (non-hydrogen) atoms. The van der Waals surface area contributed by atoms with Gasteiger partial charge >= 0.3 is 11.9 Å². The van der Waals surface area contributed by atoms with Crippen LogP contribution in [0.5, 0.6) is 0 Å². The highest BCUT2D eigenvalue weighted by molar-refractivity contribution is 5.84. The van der Waals surface area contributed by atoms with Gasteiger partial charge in [0.05, 0.1) is 5.41 Å². The smallest absolute Gasteiger partial charge is 0.350 e. The van der Waals surface area contributed by atoms with Gasteiger partial charge in [0.1, 0.15) is 12.2 Å². The summed E-state index contributed by atoms with van der Waals surface area (Å²) in [5.74, 6) is -1.06. The lowest BCUT2D eigenvalue weighted by Crippen LogP contribution is -2.39. The van der Waals surface area contributed by atoms with Gasteiger partial charge in [0.25, 0.3) is 0 Å². The number of carbonyl (C=O) groups excluding carboxylic acids is 2. The summed E-state index contributed by atoms with van der Waals surface area (Å²) in [6.07, 6.45) is -3.00. The third-order valence-electron chi connectivity index (χ3n) is 4.16. The molecule has 0 amide bonds. The normalized spacial score (nSPS) is 35.5. The first-order valence-electron chi connectivity index (χ1n) is 6.98. The summed E-state index contributed by atoms with van der Waals surface area (Å²) in [7, 11) is 2.95. The van der Waals surface area contributed by atoms with Gasteiger partial charge < -0.3 is 23.7 Å². The molecule has 0 radical (unpaired) electrons. The first-order chi connectivity index (χ1) is 9.85. The van der Waals surface area contributed by atoms with Gasteiger partial charge in [0.2, 0.25) is 6.10 Å². The Labute approximate surface area is 123 Å². The number of hydrogen-bond donors (Lipinski definition) is 0. The Hall–Kier alpha value is -1.18. The molecule has 0 bridgehead atoms. The van der Waals surface area contributed by atoms with Crippen LogP contribution in [-0.2, 0) is 33.3 Å². The van der Waals surface area contributed by atoms with E-state index in [1.54, 1.807) is 13.8 Å². The molecule has 7 heteroatoms. The zero-order valence-corrected chi connectivity index (χ0v) is 13.0. The van der Waals surface area contributed by atoms with Gasteiger partial charge in [-0.15, -0.1) is 0 Å². The van der Waals surface area contributed by atoms with E-state index in [1.807, 2.05) is 6.92 Å². The Balaban J connectivity index is 2.11. The third-order valence-corrected chi connectivity index (χ3v) is 4.16. The van der Waals surface area contributed by atoms with E-state index >= 15 is 0 Å². The highest BCUT2D eigenvalue weighted by Gasteiger charge is 2.60. The minimum Gasteiger partial charge on any atom is -0.454 e. The predicted octanol–water partition coefficient (Wildman–Crippen LogP) is 0.646. The average molecular weight is 302 g/mol. The van der Waals surface area contributed by atoms with Crippen LogP contribution >= 0.6 is 0 Å². The third kappa shape index (κ3) is 2.77. The van der Waals surface area contributed by atoms with Crippen molar-refractivity contribution in [3.05, 3.63) is 0 Å². The summed E-state index contributed by atoms with van der Waals surface area (Å²) >= 11 is 0. The molecule has 0 aromatic rings. The number of fused-ring (bicyclic) bond motifs is 1. The molecule has 120 valence electrons. The Morgan fingerprint density at radius 2 is 1.90 bits per heavy atom. The number of carbonyl (C=O) groups is 2. The van der Waals surface area contributed by atoms with Gasteiger partial charge in [-0.1, -0.05) is 6.92 Å². The predicted molar refractivity (Wildman–Crippen MR) is 70.3 cm³/mol. The molecule has 2 aliphatic rings. The largest absolute Gasteiger partial charge is 0.454 e. The van der Waals surface area contributed by atoms with Crippen LogP contribution in [0.15, 0.2) is 0 Å². The molecule has 5 atom stereocenters. The molecular formula is C14H22O7. The van der Waals surface area contributed by atoms with E-state index in [-0.39, 0.29) is 0 Å². The van der Waals surface area contributed by atoms with Crippen molar-refractivity contribution < 1.29 is 33.3 Å². The van der Waals surface area contributed by atoms with Crippen LogP contribution in [0.25, 0.3) is 0 Å². The molecule has 0 aliphatic carbocycles. The monoisotopic (exact) mass is 302 g/mol. The highest BCUT2D eigenvalue weighted by atomic mass is 16.7. The molecule has 0 saturated carbocycles. The van der Waals surface area contributed by atoms with Crippen molar-refractivity contribution >= 4 is 11.9 Å². The standard InChI is InChI=1S/C14H22O7/c1-6-14(2,3)13(16)21-9-7-8(19-11(9)15)10(17-4)12(18-5)20-7/h7-10,12H,6H2,1-5H3.